The highest BCUT2D eigenvalue weighted by atomic mass is 35.5. The topological polar surface area (TPSA) is 53.1 Å². The highest BCUT2D eigenvalue weighted by molar-refractivity contribution is 6.31. The van der Waals surface area contributed by atoms with Crippen LogP contribution in [0.15, 0.2) is 36.4 Å². The van der Waals surface area contributed by atoms with E-state index < -0.39 is 23.0 Å². The first kappa shape index (κ1) is 26.4. The lowest BCUT2D eigenvalue weighted by Gasteiger charge is -2.42. The van der Waals surface area contributed by atoms with Crippen LogP contribution in [0.2, 0.25) is 5.02 Å². The summed E-state index contributed by atoms with van der Waals surface area (Å²) in [6.07, 6.45) is 1.39. The second kappa shape index (κ2) is 11.1. The second-order valence-electron chi connectivity index (χ2n) is 9.98. The van der Waals surface area contributed by atoms with Gasteiger partial charge in [-0.15, -0.1) is 0 Å². The number of aryl methyl sites for hydroxylation is 1. The Balaban J connectivity index is 1.47. The molecule has 0 aromatic heterocycles. The van der Waals surface area contributed by atoms with Gasteiger partial charge < -0.3 is 19.4 Å². The summed E-state index contributed by atoms with van der Waals surface area (Å²) in [6.45, 7) is 5.99. The zero-order valence-corrected chi connectivity index (χ0v) is 21.5. The molecule has 2 fully saturated rings. The molecule has 0 radical (unpaired) electrons. The molecule has 2 aromatic carbocycles. The molecule has 0 aliphatic carbocycles. The van der Waals surface area contributed by atoms with Gasteiger partial charge in [0.15, 0.2) is 0 Å². The SMILES string of the molecule is Cc1cc(OCC2(CC(=O)N3CCN(C)CC3)CCN(C(=O)c3ccc(F)cc3F)CC2)ccc1Cl. The number of rotatable bonds is 6. The zero-order valence-electron chi connectivity index (χ0n) is 20.7. The third-order valence-corrected chi connectivity index (χ3v) is 7.75. The third kappa shape index (κ3) is 6.16. The number of hydrogen-bond acceptors (Lipinski definition) is 4. The Hall–Kier alpha value is -2.71. The lowest BCUT2D eigenvalue weighted by atomic mass is 9.75. The molecular formula is C27H32ClF2N3O3. The predicted molar refractivity (Wildman–Crippen MR) is 134 cm³/mol. The molecule has 2 saturated heterocycles. The van der Waals surface area contributed by atoms with Crippen molar-refractivity contribution in [2.75, 3.05) is 52.9 Å². The van der Waals surface area contributed by atoms with Crippen molar-refractivity contribution in [1.82, 2.24) is 14.7 Å². The summed E-state index contributed by atoms with van der Waals surface area (Å²) in [5, 5.41) is 0.655. The largest absolute Gasteiger partial charge is 0.493 e. The molecule has 2 aliphatic rings. The highest BCUT2D eigenvalue weighted by Gasteiger charge is 2.40. The Kier molecular flexibility index (Phi) is 8.15. The van der Waals surface area contributed by atoms with E-state index in [0.717, 1.165) is 30.8 Å². The van der Waals surface area contributed by atoms with Gasteiger partial charge in [0, 0.05) is 62.2 Å². The van der Waals surface area contributed by atoms with Gasteiger partial charge in [-0.1, -0.05) is 11.6 Å². The minimum atomic E-state index is -0.872. The van der Waals surface area contributed by atoms with E-state index in [1.54, 1.807) is 17.0 Å². The molecule has 6 nitrogen and oxygen atoms in total. The summed E-state index contributed by atoms with van der Waals surface area (Å²) >= 11 is 6.14. The average Bonchev–Trinajstić information content (AvgIpc) is 2.85. The molecule has 2 aliphatic heterocycles. The molecule has 2 aromatic rings. The molecule has 4 rings (SSSR count). The van der Waals surface area contributed by atoms with Crippen molar-refractivity contribution >= 4 is 23.4 Å². The van der Waals surface area contributed by atoms with Crippen LogP contribution in [0.25, 0.3) is 0 Å². The van der Waals surface area contributed by atoms with E-state index in [1.165, 1.54) is 6.07 Å². The number of likely N-dealkylation sites (N-methyl/N-ethyl adjacent to an activating group) is 1. The van der Waals surface area contributed by atoms with Crippen LogP contribution >= 0.6 is 11.6 Å². The molecule has 9 heteroatoms. The fraction of sp³-hybridized carbons (Fsp3) is 0.481. The maximum atomic E-state index is 14.2. The van der Waals surface area contributed by atoms with Crippen molar-refractivity contribution < 1.29 is 23.1 Å². The number of amides is 2. The fourth-order valence-corrected chi connectivity index (χ4v) is 4.94. The van der Waals surface area contributed by atoms with Crippen LogP contribution in [-0.2, 0) is 4.79 Å². The monoisotopic (exact) mass is 519 g/mol. The van der Waals surface area contributed by atoms with Gasteiger partial charge in [-0.05, 0) is 62.7 Å². The number of piperidine rings is 1. The molecule has 0 spiro atoms. The fourth-order valence-electron chi connectivity index (χ4n) is 4.82. The summed E-state index contributed by atoms with van der Waals surface area (Å²) in [7, 11) is 2.04. The molecule has 36 heavy (non-hydrogen) atoms. The molecule has 0 saturated carbocycles. The van der Waals surface area contributed by atoms with E-state index >= 15 is 0 Å². The van der Waals surface area contributed by atoms with Crippen molar-refractivity contribution in [1.29, 1.82) is 0 Å². The minimum absolute atomic E-state index is 0.0864. The summed E-state index contributed by atoms with van der Waals surface area (Å²) in [5.74, 6) is -1.30. The van der Waals surface area contributed by atoms with Gasteiger partial charge in [0.2, 0.25) is 5.91 Å². The van der Waals surface area contributed by atoms with E-state index in [0.29, 0.717) is 62.8 Å². The van der Waals surface area contributed by atoms with Gasteiger partial charge in [0.05, 0.1) is 12.2 Å². The molecule has 0 atom stereocenters. The number of halogens is 3. The number of benzene rings is 2. The van der Waals surface area contributed by atoms with Crippen LogP contribution in [-0.4, -0.2) is 79.4 Å². The Morgan fingerprint density at radius 1 is 0.972 bits per heavy atom. The molecule has 0 unspecified atom stereocenters. The summed E-state index contributed by atoms with van der Waals surface area (Å²) < 4.78 is 33.7. The number of hydrogen-bond donors (Lipinski definition) is 0. The first-order valence-corrected chi connectivity index (χ1v) is 12.6. The van der Waals surface area contributed by atoms with Crippen molar-refractivity contribution in [2.45, 2.75) is 26.2 Å². The Morgan fingerprint density at radius 2 is 1.67 bits per heavy atom. The lowest BCUT2D eigenvalue weighted by molar-refractivity contribution is -0.136. The van der Waals surface area contributed by atoms with Crippen LogP contribution in [0, 0.1) is 24.0 Å². The summed E-state index contributed by atoms with van der Waals surface area (Å²) in [4.78, 5) is 31.9. The number of carbonyl (C=O) groups excluding carboxylic acids is 2. The van der Waals surface area contributed by atoms with Gasteiger partial charge in [-0.3, -0.25) is 9.59 Å². The number of ether oxygens (including phenoxy) is 1. The van der Waals surface area contributed by atoms with Crippen molar-refractivity contribution in [3.8, 4) is 5.75 Å². The van der Waals surface area contributed by atoms with Crippen LogP contribution in [0.5, 0.6) is 5.75 Å². The molecule has 0 N–H and O–H groups in total. The van der Waals surface area contributed by atoms with Crippen LogP contribution in [0.4, 0.5) is 8.78 Å². The van der Waals surface area contributed by atoms with Crippen molar-refractivity contribution in [3.05, 3.63) is 64.2 Å². The normalized spacial score (nSPS) is 18.2. The predicted octanol–water partition coefficient (Wildman–Crippen LogP) is 4.39. The Morgan fingerprint density at radius 3 is 2.31 bits per heavy atom. The van der Waals surface area contributed by atoms with Gasteiger partial charge in [-0.2, -0.15) is 0 Å². The van der Waals surface area contributed by atoms with Gasteiger partial charge in [0.25, 0.3) is 5.91 Å². The number of piperazine rings is 1. The second-order valence-corrected chi connectivity index (χ2v) is 10.4. The van der Waals surface area contributed by atoms with Crippen molar-refractivity contribution in [3.63, 3.8) is 0 Å². The summed E-state index contributed by atoms with van der Waals surface area (Å²) in [6, 6.07) is 8.44. The number of likely N-dealkylation sites (tertiary alicyclic amines) is 1. The maximum absolute atomic E-state index is 14.2. The molecule has 2 amide bonds. The van der Waals surface area contributed by atoms with E-state index in [9.17, 15) is 18.4 Å². The third-order valence-electron chi connectivity index (χ3n) is 7.33. The first-order chi connectivity index (χ1) is 17.2. The molecule has 194 valence electrons. The van der Waals surface area contributed by atoms with Gasteiger partial charge in [-0.25, -0.2) is 8.78 Å². The average molecular weight is 520 g/mol. The Labute approximate surface area is 215 Å². The zero-order chi connectivity index (χ0) is 25.9. The van der Waals surface area contributed by atoms with Crippen molar-refractivity contribution in [2.24, 2.45) is 5.41 Å². The smallest absolute Gasteiger partial charge is 0.256 e. The van der Waals surface area contributed by atoms with E-state index in [4.69, 9.17) is 16.3 Å². The quantitative estimate of drug-likeness (QED) is 0.568. The summed E-state index contributed by atoms with van der Waals surface area (Å²) in [5.41, 5.74) is 0.287. The molecule has 2 heterocycles. The molecular weight excluding hydrogens is 488 g/mol. The number of nitrogens with zero attached hydrogens (tertiary/aromatic N) is 3. The first-order valence-electron chi connectivity index (χ1n) is 12.3. The minimum Gasteiger partial charge on any atom is -0.493 e. The number of carbonyl (C=O) groups is 2. The Bertz CT molecular complexity index is 1110. The lowest BCUT2D eigenvalue weighted by Crippen LogP contribution is -2.51. The maximum Gasteiger partial charge on any atom is 0.256 e. The van der Waals surface area contributed by atoms with Gasteiger partial charge in [0.1, 0.15) is 17.4 Å². The standard InChI is InChI=1S/C27H32ClF2N3O3/c1-19-15-21(4-6-23(19)28)36-18-27(17-25(34)32-13-11-31(2)12-14-32)7-9-33(10-8-27)26(35)22-5-3-20(29)16-24(22)30/h3-6,15-16H,7-14,17-18H2,1-2H3. The van der Waals surface area contributed by atoms with Crippen LogP contribution in [0.1, 0.15) is 35.2 Å². The highest BCUT2D eigenvalue weighted by Crippen LogP contribution is 2.37. The molecule has 0 bridgehead atoms. The van der Waals surface area contributed by atoms with Crippen LogP contribution < -0.4 is 4.74 Å². The van der Waals surface area contributed by atoms with Crippen LogP contribution in [0.3, 0.4) is 0 Å². The van der Waals surface area contributed by atoms with Gasteiger partial charge >= 0.3 is 0 Å². The van der Waals surface area contributed by atoms with E-state index in [2.05, 4.69) is 4.90 Å². The van der Waals surface area contributed by atoms with E-state index in [-0.39, 0.29) is 11.5 Å². The van der Waals surface area contributed by atoms with E-state index in [1.807, 2.05) is 24.9 Å².